The zero-order valence-electron chi connectivity index (χ0n) is 15.1. The minimum atomic E-state index is -0.690. The summed E-state index contributed by atoms with van der Waals surface area (Å²) in [5.74, 6) is 0.263. The molecule has 4 nitrogen and oxygen atoms in total. The van der Waals surface area contributed by atoms with Crippen molar-refractivity contribution in [3.05, 3.63) is 66.0 Å². The highest BCUT2D eigenvalue weighted by Gasteiger charge is 2.40. The molecule has 1 aliphatic rings. The Bertz CT molecular complexity index is 680. The van der Waals surface area contributed by atoms with E-state index in [0.29, 0.717) is 12.2 Å². The molecule has 1 saturated carbocycles. The van der Waals surface area contributed by atoms with Gasteiger partial charge in [-0.05, 0) is 56.1 Å². The highest BCUT2D eigenvalue weighted by atomic mass is 19.1. The van der Waals surface area contributed by atoms with Gasteiger partial charge in [-0.2, -0.15) is 0 Å². The summed E-state index contributed by atoms with van der Waals surface area (Å²) in [5.41, 5.74) is 7.57. The Balaban J connectivity index is 1.62. The van der Waals surface area contributed by atoms with Gasteiger partial charge in [-0.25, -0.2) is 4.39 Å². The highest BCUT2D eigenvalue weighted by Crippen LogP contribution is 2.27. The number of benzene rings is 2. The van der Waals surface area contributed by atoms with Crippen molar-refractivity contribution in [1.82, 2.24) is 4.90 Å². The Morgan fingerprint density at radius 2 is 1.81 bits per heavy atom. The van der Waals surface area contributed by atoms with Crippen molar-refractivity contribution in [2.75, 3.05) is 13.6 Å². The van der Waals surface area contributed by atoms with E-state index >= 15 is 0 Å². The number of nitrogens with two attached hydrogens (primary N) is 1. The van der Waals surface area contributed by atoms with Crippen molar-refractivity contribution >= 4 is 0 Å². The van der Waals surface area contributed by atoms with E-state index in [1.807, 2.05) is 25.2 Å². The lowest BCUT2D eigenvalue weighted by Crippen LogP contribution is -2.61. The standard InChI is InChI=1S/C21H27FN2O2/c1-24(14-13-15-5-3-2-4-6-15)20-18(23)11-12-19(21(20)25)26-17-9-7-16(22)8-10-17/h2-10,18-21,25H,11-14,23H2,1H3/t18-,19-,20+,21+/m1/s1. The summed E-state index contributed by atoms with van der Waals surface area (Å²) in [6.07, 6.45) is 1.33. The molecule has 0 unspecified atom stereocenters. The molecule has 0 heterocycles. The Labute approximate surface area is 154 Å². The van der Waals surface area contributed by atoms with Crippen LogP contribution in [-0.4, -0.2) is 47.9 Å². The van der Waals surface area contributed by atoms with Crippen LogP contribution < -0.4 is 10.5 Å². The van der Waals surface area contributed by atoms with Crippen LogP contribution in [0.5, 0.6) is 5.75 Å². The molecule has 4 atom stereocenters. The maximum Gasteiger partial charge on any atom is 0.126 e. The number of ether oxygens (including phenoxy) is 1. The Kier molecular flexibility index (Phi) is 6.25. The van der Waals surface area contributed by atoms with Crippen LogP contribution in [0.15, 0.2) is 54.6 Å². The molecule has 1 aliphatic carbocycles. The van der Waals surface area contributed by atoms with E-state index in [1.54, 1.807) is 12.1 Å². The van der Waals surface area contributed by atoms with E-state index in [4.69, 9.17) is 10.5 Å². The molecular weight excluding hydrogens is 331 g/mol. The highest BCUT2D eigenvalue weighted by molar-refractivity contribution is 5.23. The first-order valence-corrected chi connectivity index (χ1v) is 9.14. The average Bonchev–Trinajstić information content (AvgIpc) is 2.65. The second-order valence-electron chi connectivity index (χ2n) is 7.05. The molecule has 1 fully saturated rings. The predicted molar refractivity (Wildman–Crippen MR) is 101 cm³/mol. The third-order valence-electron chi connectivity index (χ3n) is 5.16. The molecule has 3 rings (SSSR count). The zero-order chi connectivity index (χ0) is 18.5. The maximum absolute atomic E-state index is 13.1. The molecule has 0 bridgehead atoms. The fraction of sp³-hybridized carbons (Fsp3) is 0.429. The summed E-state index contributed by atoms with van der Waals surface area (Å²) in [6, 6.07) is 15.9. The monoisotopic (exact) mass is 358 g/mol. The van der Waals surface area contributed by atoms with Crippen LogP contribution in [-0.2, 0) is 6.42 Å². The van der Waals surface area contributed by atoms with Gasteiger partial charge in [-0.3, -0.25) is 4.90 Å². The number of nitrogens with zero attached hydrogens (tertiary/aromatic N) is 1. The van der Waals surface area contributed by atoms with E-state index in [-0.39, 0.29) is 24.0 Å². The molecule has 0 saturated heterocycles. The fourth-order valence-corrected chi connectivity index (χ4v) is 3.67. The second-order valence-corrected chi connectivity index (χ2v) is 7.05. The van der Waals surface area contributed by atoms with Crippen molar-refractivity contribution in [3.8, 4) is 5.75 Å². The molecule has 3 N–H and O–H groups in total. The van der Waals surface area contributed by atoms with Crippen LogP contribution >= 0.6 is 0 Å². The number of hydrogen-bond acceptors (Lipinski definition) is 4. The smallest absolute Gasteiger partial charge is 0.126 e. The second kappa shape index (κ2) is 8.62. The largest absolute Gasteiger partial charge is 0.488 e. The molecule has 0 aromatic heterocycles. The third-order valence-corrected chi connectivity index (χ3v) is 5.16. The molecule has 0 spiro atoms. The van der Waals surface area contributed by atoms with Crippen LogP contribution in [0.2, 0.25) is 0 Å². The molecule has 0 amide bonds. The predicted octanol–water partition coefficient (Wildman–Crippen LogP) is 2.60. The summed E-state index contributed by atoms with van der Waals surface area (Å²) >= 11 is 0. The van der Waals surface area contributed by atoms with Crippen molar-refractivity contribution < 1.29 is 14.2 Å². The van der Waals surface area contributed by atoms with Gasteiger partial charge < -0.3 is 15.6 Å². The first kappa shape index (κ1) is 18.8. The molecule has 2 aromatic carbocycles. The van der Waals surface area contributed by atoms with Crippen molar-refractivity contribution in [2.45, 2.75) is 43.6 Å². The number of likely N-dealkylation sites (N-methyl/N-ethyl adjacent to an activating group) is 1. The van der Waals surface area contributed by atoms with Gasteiger partial charge in [-0.15, -0.1) is 0 Å². The Hall–Kier alpha value is -1.95. The number of aliphatic hydroxyl groups is 1. The topological polar surface area (TPSA) is 58.7 Å². The van der Waals surface area contributed by atoms with Gasteiger partial charge in [0.15, 0.2) is 0 Å². The van der Waals surface area contributed by atoms with Crippen molar-refractivity contribution in [1.29, 1.82) is 0 Å². The summed E-state index contributed by atoms with van der Waals surface area (Å²) in [5, 5.41) is 10.9. The fourth-order valence-electron chi connectivity index (χ4n) is 3.67. The molecule has 140 valence electrons. The van der Waals surface area contributed by atoms with Gasteiger partial charge in [0.25, 0.3) is 0 Å². The average molecular weight is 358 g/mol. The quantitative estimate of drug-likeness (QED) is 0.833. The minimum Gasteiger partial charge on any atom is -0.488 e. The first-order valence-electron chi connectivity index (χ1n) is 9.14. The number of aliphatic hydroxyl groups excluding tert-OH is 1. The summed E-state index contributed by atoms with van der Waals surface area (Å²) < 4.78 is 19.0. The third kappa shape index (κ3) is 4.61. The van der Waals surface area contributed by atoms with Crippen LogP contribution in [0, 0.1) is 5.82 Å². The lowest BCUT2D eigenvalue weighted by atomic mass is 9.85. The molecule has 5 heteroatoms. The van der Waals surface area contributed by atoms with Gasteiger partial charge in [0.2, 0.25) is 0 Å². The summed E-state index contributed by atoms with van der Waals surface area (Å²) in [4.78, 5) is 2.13. The van der Waals surface area contributed by atoms with Gasteiger partial charge >= 0.3 is 0 Å². The first-order chi connectivity index (χ1) is 12.5. The zero-order valence-corrected chi connectivity index (χ0v) is 15.1. The van der Waals surface area contributed by atoms with E-state index < -0.39 is 6.10 Å². The minimum absolute atomic E-state index is 0.0983. The number of halogens is 1. The lowest BCUT2D eigenvalue weighted by molar-refractivity contribution is -0.0547. The van der Waals surface area contributed by atoms with Crippen LogP contribution in [0.25, 0.3) is 0 Å². The van der Waals surface area contributed by atoms with Crippen molar-refractivity contribution in [3.63, 3.8) is 0 Å². The normalized spacial score (nSPS) is 26.0. The Morgan fingerprint density at radius 3 is 2.50 bits per heavy atom. The number of rotatable bonds is 6. The summed E-state index contributed by atoms with van der Waals surface area (Å²) in [6.45, 7) is 0.808. The molecule has 0 radical (unpaired) electrons. The number of hydrogen-bond donors (Lipinski definition) is 2. The molecular formula is C21H27FN2O2. The van der Waals surface area contributed by atoms with E-state index in [9.17, 15) is 9.50 Å². The van der Waals surface area contributed by atoms with E-state index in [2.05, 4.69) is 17.0 Å². The Morgan fingerprint density at radius 1 is 1.12 bits per heavy atom. The molecule has 26 heavy (non-hydrogen) atoms. The van der Waals surface area contributed by atoms with E-state index in [0.717, 1.165) is 19.4 Å². The van der Waals surface area contributed by atoms with Crippen LogP contribution in [0.3, 0.4) is 0 Å². The van der Waals surface area contributed by atoms with Crippen LogP contribution in [0.4, 0.5) is 4.39 Å². The SMILES string of the molecule is CN(CCc1ccccc1)[C@@H]1[C@@H](O)[C@H](Oc2ccc(F)cc2)CC[C@H]1N. The van der Waals surface area contributed by atoms with Gasteiger partial charge in [0.1, 0.15) is 23.8 Å². The van der Waals surface area contributed by atoms with E-state index in [1.165, 1.54) is 17.7 Å². The van der Waals surface area contributed by atoms with Crippen molar-refractivity contribution in [2.24, 2.45) is 5.73 Å². The van der Waals surface area contributed by atoms with Crippen LogP contribution in [0.1, 0.15) is 18.4 Å². The van der Waals surface area contributed by atoms with Gasteiger partial charge in [0, 0.05) is 12.6 Å². The molecule has 2 aromatic rings. The lowest BCUT2D eigenvalue weighted by Gasteiger charge is -2.43. The maximum atomic E-state index is 13.1. The van der Waals surface area contributed by atoms with Gasteiger partial charge in [-0.1, -0.05) is 30.3 Å². The molecule has 0 aliphatic heterocycles. The van der Waals surface area contributed by atoms with Gasteiger partial charge in [0.05, 0.1) is 6.04 Å². The summed E-state index contributed by atoms with van der Waals surface area (Å²) in [7, 11) is 2.00.